The molecule has 2 aliphatic rings. The average molecular weight is 433 g/mol. The summed E-state index contributed by atoms with van der Waals surface area (Å²) in [6.07, 6.45) is 2.80. The Bertz CT molecular complexity index is 1060. The summed E-state index contributed by atoms with van der Waals surface area (Å²) in [5.41, 5.74) is 2.23. The summed E-state index contributed by atoms with van der Waals surface area (Å²) in [5, 5.41) is 4.56. The third-order valence-electron chi connectivity index (χ3n) is 6.61. The van der Waals surface area contributed by atoms with Gasteiger partial charge < -0.3 is 9.80 Å². The Kier molecular flexibility index (Phi) is 5.85. The van der Waals surface area contributed by atoms with Gasteiger partial charge in [0.15, 0.2) is 0 Å². The quantitative estimate of drug-likeness (QED) is 0.649. The second kappa shape index (κ2) is 8.46. The van der Waals surface area contributed by atoms with Crippen LogP contribution in [-0.2, 0) is 10.3 Å². The highest BCUT2D eigenvalue weighted by molar-refractivity contribution is 5.94. The molecule has 4 rings (SSSR count). The number of piperidine rings is 1. The van der Waals surface area contributed by atoms with E-state index in [-0.39, 0.29) is 22.8 Å². The molecule has 168 valence electrons. The molecule has 6 heteroatoms. The average Bonchev–Trinajstić information content (AvgIpc) is 3.37. The summed E-state index contributed by atoms with van der Waals surface area (Å²) < 4.78 is 1.85. The summed E-state index contributed by atoms with van der Waals surface area (Å²) in [5.74, 6) is 5.69. The van der Waals surface area contributed by atoms with Crippen molar-refractivity contribution in [2.75, 3.05) is 26.2 Å². The lowest BCUT2D eigenvalue weighted by atomic mass is 9.78. The summed E-state index contributed by atoms with van der Waals surface area (Å²) >= 11 is 0. The monoisotopic (exact) mass is 432 g/mol. The Hall–Kier alpha value is -3.07. The maximum atomic E-state index is 13.3. The summed E-state index contributed by atoms with van der Waals surface area (Å²) in [6, 6.07) is 11.5. The highest BCUT2D eigenvalue weighted by Gasteiger charge is 2.43. The molecule has 2 saturated heterocycles. The van der Waals surface area contributed by atoms with Gasteiger partial charge in [0.2, 0.25) is 0 Å². The smallest absolute Gasteiger partial charge is 0.298 e. The van der Waals surface area contributed by atoms with Crippen molar-refractivity contribution in [1.82, 2.24) is 19.6 Å². The largest absolute Gasteiger partial charge is 0.337 e. The number of amides is 2. The normalized spacial score (nSPS) is 17.9. The minimum atomic E-state index is -0.247. The van der Waals surface area contributed by atoms with E-state index in [4.69, 9.17) is 0 Å². The molecular formula is C26H32N4O2. The SMILES string of the molecule is Cc1cc(C(=O)N2CCC3(CCN(C(=O)C#Cc4ccccc4)CC3)C2)n(C(C)(C)C)n1. The van der Waals surface area contributed by atoms with Crippen molar-refractivity contribution in [2.24, 2.45) is 5.41 Å². The Labute approximate surface area is 190 Å². The van der Waals surface area contributed by atoms with Gasteiger partial charge in [-0.1, -0.05) is 24.1 Å². The van der Waals surface area contributed by atoms with Crippen LogP contribution in [0.3, 0.4) is 0 Å². The first-order chi connectivity index (χ1) is 15.2. The van der Waals surface area contributed by atoms with Crippen molar-refractivity contribution in [3.05, 3.63) is 53.3 Å². The molecule has 1 spiro atoms. The number of carbonyl (C=O) groups is 2. The number of aryl methyl sites for hydroxylation is 1. The Balaban J connectivity index is 1.38. The number of nitrogens with zero attached hydrogens (tertiary/aromatic N) is 4. The molecule has 0 atom stereocenters. The van der Waals surface area contributed by atoms with Gasteiger partial charge in [-0.2, -0.15) is 5.10 Å². The fourth-order valence-electron chi connectivity index (χ4n) is 4.75. The lowest BCUT2D eigenvalue weighted by molar-refractivity contribution is -0.127. The van der Waals surface area contributed by atoms with Gasteiger partial charge in [-0.05, 0) is 70.6 Å². The van der Waals surface area contributed by atoms with Crippen molar-refractivity contribution in [3.8, 4) is 11.8 Å². The molecule has 0 N–H and O–H groups in total. The Morgan fingerprint density at radius 3 is 2.25 bits per heavy atom. The van der Waals surface area contributed by atoms with Crippen LogP contribution in [0.4, 0.5) is 0 Å². The highest BCUT2D eigenvalue weighted by Crippen LogP contribution is 2.41. The van der Waals surface area contributed by atoms with Gasteiger partial charge in [0.1, 0.15) is 5.69 Å². The number of rotatable bonds is 1. The molecule has 1 aromatic carbocycles. The maximum Gasteiger partial charge on any atom is 0.298 e. The molecular weight excluding hydrogens is 400 g/mol. The summed E-state index contributed by atoms with van der Waals surface area (Å²) in [4.78, 5) is 29.7. The van der Waals surface area contributed by atoms with Crippen LogP contribution in [0.1, 0.15) is 61.8 Å². The van der Waals surface area contributed by atoms with Crippen molar-refractivity contribution in [2.45, 2.75) is 52.5 Å². The van der Waals surface area contributed by atoms with Crippen LogP contribution in [0.15, 0.2) is 36.4 Å². The minimum absolute atomic E-state index is 0.0598. The van der Waals surface area contributed by atoms with Crippen LogP contribution in [0, 0.1) is 24.2 Å². The molecule has 2 fully saturated rings. The molecule has 3 heterocycles. The van der Waals surface area contributed by atoms with E-state index in [9.17, 15) is 9.59 Å². The molecule has 6 nitrogen and oxygen atoms in total. The fourth-order valence-corrected chi connectivity index (χ4v) is 4.75. The topological polar surface area (TPSA) is 58.4 Å². The molecule has 0 bridgehead atoms. The number of hydrogen-bond acceptors (Lipinski definition) is 3. The van der Waals surface area contributed by atoms with Gasteiger partial charge in [-0.15, -0.1) is 0 Å². The molecule has 0 unspecified atom stereocenters. The number of benzene rings is 1. The van der Waals surface area contributed by atoms with Crippen LogP contribution < -0.4 is 0 Å². The molecule has 1 aromatic heterocycles. The van der Waals surface area contributed by atoms with E-state index < -0.39 is 0 Å². The molecule has 0 saturated carbocycles. The van der Waals surface area contributed by atoms with Crippen molar-refractivity contribution >= 4 is 11.8 Å². The van der Waals surface area contributed by atoms with E-state index in [1.165, 1.54) is 0 Å². The third kappa shape index (κ3) is 4.57. The lowest BCUT2D eigenvalue weighted by Crippen LogP contribution is -2.44. The highest BCUT2D eigenvalue weighted by atomic mass is 16.2. The molecule has 0 aliphatic carbocycles. The van der Waals surface area contributed by atoms with E-state index in [2.05, 4.69) is 37.7 Å². The van der Waals surface area contributed by atoms with Gasteiger partial charge in [0, 0.05) is 37.7 Å². The van der Waals surface area contributed by atoms with Crippen LogP contribution in [0.5, 0.6) is 0 Å². The first-order valence-electron chi connectivity index (χ1n) is 11.4. The van der Waals surface area contributed by atoms with E-state index in [1.54, 1.807) is 0 Å². The van der Waals surface area contributed by atoms with E-state index in [1.807, 2.05) is 57.8 Å². The Morgan fingerprint density at radius 1 is 1.00 bits per heavy atom. The zero-order chi connectivity index (χ0) is 22.9. The number of carbonyl (C=O) groups excluding carboxylic acids is 2. The number of hydrogen-bond donors (Lipinski definition) is 0. The van der Waals surface area contributed by atoms with E-state index in [0.717, 1.165) is 43.6 Å². The Morgan fingerprint density at radius 2 is 1.62 bits per heavy atom. The number of likely N-dealkylation sites (tertiary alicyclic amines) is 2. The molecule has 2 aliphatic heterocycles. The first-order valence-corrected chi connectivity index (χ1v) is 11.4. The summed E-state index contributed by atoms with van der Waals surface area (Å²) in [7, 11) is 0. The predicted molar refractivity (Wildman–Crippen MR) is 124 cm³/mol. The van der Waals surface area contributed by atoms with Crippen LogP contribution in [0.25, 0.3) is 0 Å². The van der Waals surface area contributed by atoms with Crippen molar-refractivity contribution < 1.29 is 9.59 Å². The van der Waals surface area contributed by atoms with Gasteiger partial charge >= 0.3 is 0 Å². The van der Waals surface area contributed by atoms with E-state index >= 15 is 0 Å². The molecule has 2 amide bonds. The first kappa shape index (κ1) is 22.1. The van der Waals surface area contributed by atoms with Gasteiger partial charge in [0.25, 0.3) is 11.8 Å². The van der Waals surface area contributed by atoms with Gasteiger partial charge in [0.05, 0.1) is 11.2 Å². The van der Waals surface area contributed by atoms with Crippen molar-refractivity contribution in [3.63, 3.8) is 0 Å². The number of aromatic nitrogens is 2. The van der Waals surface area contributed by atoms with E-state index in [0.29, 0.717) is 18.8 Å². The third-order valence-corrected chi connectivity index (χ3v) is 6.61. The summed E-state index contributed by atoms with van der Waals surface area (Å²) in [6.45, 7) is 11.0. The zero-order valence-corrected chi connectivity index (χ0v) is 19.5. The lowest BCUT2D eigenvalue weighted by Gasteiger charge is -2.38. The fraction of sp³-hybridized carbons (Fsp3) is 0.500. The predicted octanol–water partition coefficient (Wildman–Crippen LogP) is 3.45. The molecule has 0 radical (unpaired) electrons. The molecule has 32 heavy (non-hydrogen) atoms. The van der Waals surface area contributed by atoms with Gasteiger partial charge in [-0.3, -0.25) is 14.3 Å². The zero-order valence-electron chi connectivity index (χ0n) is 19.5. The molecule has 2 aromatic rings. The van der Waals surface area contributed by atoms with Crippen LogP contribution in [0.2, 0.25) is 0 Å². The second-order valence-corrected chi connectivity index (χ2v) is 10.1. The maximum absolute atomic E-state index is 13.3. The van der Waals surface area contributed by atoms with Gasteiger partial charge in [-0.25, -0.2) is 0 Å². The minimum Gasteiger partial charge on any atom is -0.337 e. The second-order valence-electron chi connectivity index (χ2n) is 10.1. The van der Waals surface area contributed by atoms with Crippen molar-refractivity contribution in [1.29, 1.82) is 0 Å². The van der Waals surface area contributed by atoms with Crippen LogP contribution in [-0.4, -0.2) is 57.6 Å². The standard InChI is InChI=1S/C26H32N4O2/c1-20-18-22(30(27-20)25(2,3)4)24(32)29-17-14-26(19-29)12-15-28(16-13-26)23(31)11-10-21-8-6-5-7-9-21/h5-9,18H,12-17,19H2,1-4H3. The van der Waals surface area contributed by atoms with Crippen LogP contribution >= 0.6 is 0 Å².